The van der Waals surface area contributed by atoms with Crippen LogP contribution in [0, 0.1) is 0 Å². The van der Waals surface area contributed by atoms with E-state index in [1.807, 2.05) is 0 Å². The number of aromatic amines is 1. The third kappa shape index (κ3) is 1.66. The molecule has 0 unspecified atom stereocenters. The summed E-state index contributed by atoms with van der Waals surface area (Å²) in [5.41, 5.74) is 0. The van der Waals surface area contributed by atoms with E-state index in [4.69, 9.17) is 5.11 Å². The number of nitrogens with zero attached hydrogens (tertiary/aromatic N) is 1. The smallest absolute Gasteiger partial charge is 0.413 e. The molecular formula is C8H10N2O2. The van der Waals surface area contributed by atoms with Crippen LogP contribution >= 0.6 is 0 Å². The monoisotopic (exact) mass is 166 g/mol. The van der Waals surface area contributed by atoms with Gasteiger partial charge in [-0.1, -0.05) is 6.08 Å². The third-order valence-electron chi connectivity index (χ3n) is 1.41. The first kappa shape index (κ1) is 8.39. The largest absolute Gasteiger partial charge is 0.465 e. The second-order valence-corrected chi connectivity index (χ2v) is 2.24. The molecule has 1 aromatic rings. The highest BCUT2D eigenvalue weighted by Crippen LogP contribution is 2.09. The van der Waals surface area contributed by atoms with Gasteiger partial charge in [0.15, 0.2) is 0 Å². The van der Waals surface area contributed by atoms with Crippen LogP contribution in [0.1, 0.15) is 0 Å². The Morgan fingerprint density at radius 1 is 1.83 bits per heavy atom. The molecule has 0 aliphatic carbocycles. The first-order valence-corrected chi connectivity index (χ1v) is 3.50. The number of amides is 1. The van der Waals surface area contributed by atoms with E-state index in [-0.39, 0.29) is 6.54 Å². The van der Waals surface area contributed by atoms with Crippen LogP contribution in [0.4, 0.5) is 10.6 Å². The maximum atomic E-state index is 10.6. The van der Waals surface area contributed by atoms with Gasteiger partial charge in [0.1, 0.15) is 5.82 Å². The zero-order valence-electron chi connectivity index (χ0n) is 6.53. The van der Waals surface area contributed by atoms with Crippen molar-refractivity contribution in [1.82, 2.24) is 4.98 Å². The first-order chi connectivity index (χ1) is 5.75. The standard InChI is InChI=1S/C8H10N2O2/c1-2-6-10(8(11)12)7-4-3-5-9-7/h2-5,9H,1,6H2,(H,11,12). The fourth-order valence-corrected chi connectivity index (χ4v) is 0.897. The van der Waals surface area contributed by atoms with Gasteiger partial charge in [0.2, 0.25) is 0 Å². The molecule has 12 heavy (non-hydrogen) atoms. The van der Waals surface area contributed by atoms with E-state index in [0.29, 0.717) is 5.82 Å². The lowest BCUT2D eigenvalue weighted by Gasteiger charge is -2.14. The maximum absolute atomic E-state index is 10.6. The van der Waals surface area contributed by atoms with E-state index in [2.05, 4.69) is 11.6 Å². The number of aromatic nitrogens is 1. The average molecular weight is 166 g/mol. The van der Waals surface area contributed by atoms with Crippen molar-refractivity contribution in [3.63, 3.8) is 0 Å². The average Bonchev–Trinajstić information content (AvgIpc) is 2.51. The Labute approximate surface area is 70.1 Å². The lowest BCUT2D eigenvalue weighted by Crippen LogP contribution is -2.29. The van der Waals surface area contributed by atoms with E-state index >= 15 is 0 Å². The molecule has 0 aliphatic heterocycles. The number of rotatable bonds is 3. The minimum absolute atomic E-state index is 0.288. The highest BCUT2D eigenvalue weighted by atomic mass is 16.4. The summed E-state index contributed by atoms with van der Waals surface area (Å²) in [4.78, 5) is 14.6. The predicted octanol–water partition coefficient (Wildman–Crippen LogP) is 1.69. The minimum Gasteiger partial charge on any atom is -0.465 e. The Hall–Kier alpha value is -1.71. The predicted molar refractivity (Wildman–Crippen MR) is 46.4 cm³/mol. The molecule has 1 heterocycles. The molecule has 0 aromatic carbocycles. The fraction of sp³-hybridized carbons (Fsp3) is 0.125. The first-order valence-electron chi connectivity index (χ1n) is 3.50. The summed E-state index contributed by atoms with van der Waals surface area (Å²) in [7, 11) is 0. The van der Waals surface area contributed by atoms with E-state index < -0.39 is 6.09 Å². The van der Waals surface area contributed by atoms with Crippen molar-refractivity contribution in [2.75, 3.05) is 11.4 Å². The topological polar surface area (TPSA) is 56.3 Å². The molecule has 4 nitrogen and oxygen atoms in total. The Balaban J connectivity index is 2.80. The van der Waals surface area contributed by atoms with Gasteiger partial charge in [-0.3, -0.25) is 4.90 Å². The number of anilines is 1. The molecule has 1 amide bonds. The second-order valence-electron chi connectivity index (χ2n) is 2.24. The summed E-state index contributed by atoms with van der Waals surface area (Å²) in [6.45, 7) is 3.76. The van der Waals surface area contributed by atoms with Gasteiger partial charge >= 0.3 is 6.09 Å². The van der Waals surface area contributed by atoms with Crippen molar-refractivity contribution >= 4 is 11.9 Å². The van der Waals surface area contributed by atoms with Gasteiger partial charge in [-0.15, -0.1) is 6.58 Å². The van der Waals surface area contributed by atoms with Gasteiger partial charge < -0.3 is 10.1 Å². The summed E-state index contributed by atoms with van der Waals surface area (Å²) in [6.07, 6.45) is 2.22. The van der Waals surface area contributed by atoms with Crippen LogP contribution in [0.25, 0.3) is 0 Å². The normalized spacial score (nSPS) is 9.33. The lowest BCUT2D eigenvalue weighted by molar-refractivity contribution is 0.202. The van der Waals surface area contributed by atoms with Gasteiger partial charge in [0.25, 0.3) is 0 Å². The molecule has 4 heteroatoms. The lowest BCUT2D eigenvalue weighted by atomic mass is 10.5. The summed E-state index contributed by atoms with van der Waals surface area (Å²) in [6, 6.07) is 3.44. The van der Waals surface area contributed by atoms with Gasteiger partial charge in [-0.25, -0.2) is 4.79 Å². The number of nitrogens with one attached hydrogen (secondary N) is 1. The molecule has 0 aliphatic rings. The Kier molecular flexibility index (Phi) is 2.53. The summed E-state index contributed by atoms with van der Waals surface area (Å²) < 4.78 is 0. The minimum atomic E-state index is -0.989. The Morgan fingerprint density at radius 2 is 2.58 bits per heavy atom. The molecule has 0 bridgehead atoms. The number of carbonyl (C=O) groups is 1. The highest BCUT2D eigenvalue weighted by molar-refractivity contribution is 5.84. The number of hydrogen-bond acceptors (Lipinski definition) is 1. The summed E-state index contributed by atoms with van der Waals surface area (Å²) >= 11 is 0. The van der Waals surface area contributed by atoms with Crippen molar-refractivity contribution in [2.45, 2.75) is 0 Å². The van der Waals surface area contributed by atoms with Crippen LogP contribution < -0.4 is 4.90 Å². The zero-order chi connectivity index (χ0) is 8.97. The quantitative estimate of drug-likeness (QED) is 0.671. The zero-order valence-corrected chi connectivity index (χ0v) is 6.53. The second kappa shape index (κ2) is 3.61. The van der Waals surface area contributed by atoms with Crippen LogP contribution in [0.2, 0.25) is 0 Å². The van der Waals surface area contributed by atoms with Crippen molar-refractivity contribution < 1.29 is 9.90 Å². The molecule has 1 rings (SSSR count). The van der Waals surface area contributed by atoms with Crippen molar-refractivity contribution in [3.05, 3.63) is 31.0 Å². The van der Waals surface area contributed by atoms with E-state index in [1.165, 1.54) is 11.0 Å². The van der Waals surface area contributed by atoms with Gasteiger partial charge in [0, 0.05) is 12.7 Å². The van der Waals surface area contributed by atoms with Gasteiger partial charge in [-0.05, 0) is 12.1 Å². The molecule has 2 N–H and O–H groups in total. The molecule has 0 fully saturated rings. The molecule has 0 saturated carbocycles. The Bertz CT molecular complexity index is 267. The molecule has 0 spiro atoms. The fourth-order valence-electron chi connectivity index (χ4n) is 0.897. The van der Waals surface area contributed by atoms with Crippen LogP contribution in [0.3, 0.4) is 0 Å². The van der Waals surface area contributed by atoms with Gasteiger partial charge in [-0.2, -0.15) is 0 Å². The summed E-state index contributed by atoms with van der Waals surface area (Å²) in [5.74, 6) is 0.558. The molecule has 0 radical (unpaired) electrons. The number of H-pyrrole nitrogens is 1. The van der Waals surface area contributed by atoms with Crippen molar-refractivity contribution in [2.24, 2.45) is 0 Å². The van der Waals surface area contributed by atoms with Crippen LogP contribution in [-0.2, 0) is 0 Å². The van der Waals surface area contributed by atoms with E-state index in [1.54, 1.807) is 18.3 Å². The van der Waals surface area contributed by atoms with Crippen LogP contribution in [-0.4, -0.2) is 22.7 Å². The number of carboxylic acid groups (broad SMARTS) is 1. The van der Waals surface area contributed by atoms with Crippen LogP contribution in [0.15, 0.2) is 31.0 Å². The Morgan fingerprint density at radius 3 is 3.00 bits per heavy atom. The van der Waals surface area contributed by atoms with E-state index in [9.17, 15) is 4.79 Å². The highest BCUT2D eigenvalue weighted by Gasteiger charge is 2.11. The molecule has 0 atom stereocenters. The van der Waals surface area contributed by atoms with Crippen LogP contribution in [0.5, 0.6) is 0 Å². The molecule has 1 aromatic heterocycles. The molecular weight excluding hydrogens is 156 g/mol. The van der Waals surface area contributed by atoms with E-state index in [0.717, 1.165) is 0 Å². The molecule has 0 saturated heterocycles. The maximum Gasteiger partial charge on any atom is 0.413 e. The van der Waals surface area contributed by atoms with Crippen molar-refractivity contribution in [3.8, 4) is 0 Å². The summed E-state index contributed by atoms with van der Waals surface area (Å²) in [5, 5.41) is 8.73. The van der Waals surface area contributed by atoms with Gasteiger partial charge in [0.05, 0.1) is 0 Å². The SMILES string of the molecule is C=CCN(C(=O)O)c1ccc[nH]1. The third-order valence-corrected chi connectivity index (χ3v) is 1.41. The number of hydrogen-bond donors (Lipinski definition) is 2. The van der Waals surface area contributed by atoms with Crippen molar-refractivity contribution in [1.29, 1.82) is 0 Å². The molecule has 64 valence electrons.